The first-order valence-corrected chi connectivity index (χ1v) is 11.1. The molecule has 4 rings (SSSR count). The number of pyridine rings is 1. The van der Waals surface area contributed by atoms with E-state index in [-0.39, 0.29) is 23.9 Å². The second kappa shape index (κ2) is 9.24. The molecule has 7 nitrogen and oxygen atoms in total. The molecule has 0 radical (unpaired) electrons. The van der Waals surface area contributed by atoms with Crippen molar-refractivity contribution >= 4 is 29.2 Å². The molecule has 4 atom stereocenters. The normalized spacial score (nSPS) is 23.2. The second-order valence-corrected chi connectivity index (χ2v) is 8.94. The maximum atomic E-state index is 12.7. The van der Waals surface area contributed by atoms with Crippen LogP contribution in [-0.2, 0) is 22.4 Å². The predicted octanol–water partition coefficient (Wildman–Crippen LogP) is 2.15. The van der Waals surface area contributed by atoms with Crippen LogP contribution >= 0.6 is 11.6 Å². The predicted molar refractivity (Wildman–Crippen MR) is 121 cm³/mol. The van der Waals surface area contributed by atoms with Gasteiger partial charge in [-0.15, -0.1) is 0 Å². The highest BCUT2D eigenvalue weighted by Gasteiger charge is 2.32. The SMILES string of the molecule is C[C@H](NC(=O)[C@H]1C[C@H](Cc2cccc(Cl)c2)CN1)C(=O)NC1CCc2nc(N)ccc21. The van der Waals surface area contributed by atoms with E-state index < -0.39 is 6.04 Å². The molecule has 8 heteroatoms. The van der Waals surface area contributed by atoms with Gasteiger partial charge >= 0.3 is 0 Å². The lowest BCUT2D eigenvalue weighted by Crippen LogP contribution is -2.50. The lowest BCUT2D eigenvalue weighted by atomic mass is 9.96. The van der Waals surface area contributed by atoms with Crippen molar-refractivity contribution in [1.29, 1.82) is 0 Å². The summed E-state index contributed by atoms with van der Waals surface area (Å²) in [6.45, 7) is 2.48. The van der Waals surface area contributed by atoms with Crippen LogP contribution in [0.3, 0.4) is 0 Å². The molecule has 1 aromatic carbocycles. The first-order chi connectivity index (χ1) is 14.9. The van der Waals surface area contributed by atoms with Crippen LogP contribution in [0.25, 0.3) is 0 Å². The minimum atomic E-state index is -0.618. The van der Waals surface area contributed by atoms with Crippen LogP contribution in [0, 0.1) is 5.92 Å². The van der Waals surface area contributed by atoms with Crippen molar-refractivity contribution in [3.63, 3.8) is 0 Å². The van der Waals surface area contributed by atoms with Gasteiger partial charge in [-0.3, -0.25) is 9.59 Å². The molecule has 31 heavy (non-hydrogen) atoms. The highest BCUT2D eigenvalue weighted by Crippen LogP contribution is 2.30. The minimum absolute atomic E-state index is 0.0957. The molecule has 0 bridgehead atoms. The van der Waals surface area contributed by atoms with Gasteiger partial charge in [-0.1, -0.05) is 29.8 Å². The monoisotopic (exact) mass is 441 g/mol. The van der Waals surface area contributed by atoms with E-state index in [2.05, 4.69) is 27.0 Å². The second-order valence-electron chi connectivity index (χ2n) is 8.50. The maximum Gasteiger partial charge on any atom is 0.242 e. The molecular weight excluding hydrogens is 414 g/mol. The third kappa shape index (κ3) is 5.17. The molecule has 164 valence electrons. The summed E-state index contributed by atoms with van der Waals surface area (Å²) < 4.78 is 0. The summed E-state index contributed by atoms with van der Waals surface area (Å²) >= 11 is 6.07. The number of halogens is 1. The standard InChI is InChI=1S/C23H28ClN5O2/c1-13(22(30)29-19-7-6-18-17(19)5-8-21(25)28-18)27-23(31)20-11-15(12-26-20)9-14-3-2-4-16(24)10-14/h2-5,8,10,13,15,19-20,26H,6-7,9,11-12H2,1H3,(H2,25,28)(H,27,31)(H,29,30)/t13-,15-,19?,20+/m0/s1. The van der Waals surface area contributed by atoms with Gasteiger partial charge in [-0.25, -0.2) is 4.98 Å². The molecule has 2 heterocycles. The Balaban J connectivity index is 1.26. The lowest BCUT2D eigenvalue weighted by Gasteiger charge is -2.20. The van der Waals surface area contributed by atoms with Crippen LogP contribution in [0.2, 0.25) is 5.02 Å². The summed E-state index contributed by atoms with van der Waals surface area (Å²) in [5.74, 6) is 0.506. The average Bonchev–Trinajstić information content (AvgIpc) is 3.35. The number of nitrogens with two attached hydrogens (primary N) is 1. The lowest BCUT2D eigenvalue weighted by molar-refractivity contribution is -0.129. The molecule has 1 fully saturated rings. The van der Waals surface area contributed by atoms with Gasteiger partial charge in [0.1, 0.15) is 11.9 Å². The third-order valence-electron chi connectivity index (χ3n) is 6.10. The summed E-state index contributed by atoms with van der Waals surface area (Å²) in [6, 6.07) is 10.5. The van der Waals surface area contributed by atoms with Crippen LogP contribution in [0.1, 0.15) is 42.6 Å². The number of benzene rings is 1. The number of aryl methyl sites for hydroxylation is 1. The molecule has 2 aromatic rings. The Hall–Kier alpha value is -2.64. The van der Waals surface area contributed by atoms with E-state index in [1.54, 1.807) is 13.0 Å². The zero-order valence-electron chi connectivity index (χ0n) is 17.5. The van der Waals surface area contributed by atoms with Gasteiger partial charge in [-0.05, 0) is 74.4 Å². The molecule has 1 aliphatic carbocycles. The Morgan fingerprint density at radius 3 is 2.97 bits per heavy atom. The Kier molecular flexibility index (Phi) is 6.43. The Bertz CT molecular complexity index is 982. The number of nitrogen functional groups attached to an aromatic ring is 1. The van der Waals surface area contributed by atoms with E-state index in [4.69, 9.17) is 17.3 Å². The molecule has 0 spiro atoms. The van der Waals surface area contributed by atoms with Gasteiger partial charge in [-0.2, -0.15) is 0 Å². The van der Waals surface area contributed by atoms with Crippen LogP contribution in [0.15, 0.2) is 36.4 Å². The van der Waals surface area contributed by atoms with Crippen molar-refractivity contribution < 1.29 is 9.59 Å². The first-order valence-electron chi connectivity index (χ1n) is 10.7. The number of carbonyl (C=O) groups is 2. The van der Waals surface area contributed by atoms with Crippen molar-refractivity contribution in [2.45, 2.75) is 50.7 Å². The summed E-state index contributed by atoms with van der Waals surface area (Å²) in [4.78, 5) is 29.7. The van der Waals surface area contributed by atoms with Gasteiger partial charge in [0.05, 0.1) is 12.1 Å². The van der Waals surface area contributed by atoms with E-state index in [0.717, 1.165) is 48.5 Å². The minimum Gasteiger partial charge on any atom is -0.384 e. The van der Waals surface area contributed by atoms with Gasteiger partial charge in [0, 0.05) is 10.7 Å². The van der Waals surface area contributed by atoms with Crippen LogP contribution < -0.4 is 21.7 Å². The molecular formula is C23H28ClN5O2. The van der Waals surface area contributed by atoms with E-state index in [9.17, 15) is 9.59 Å². The van der Waals surface area contributed by atoms with Crippen LogP contribution in [0.4, 0.5) is 5.82 Å². The van der Waals surface area contributed by atoms with Crippen molar-refractivity contribution in [2.24, 2.45) is 5.92 Å². The van der Waals surface area contributed by atoms with Crippen molar-refractivity contribution in [2.75, 3.05) is 12.3 Å². The number of fused-ring (bicyclic) bond motifs is 1. The van der Waals surface area contributed by atoms with Crippen molar-refractivity contribution in [1.82, 2.24) is 20.9 Å². The molecule has 1 aliphatic heterocycles. The average molecular weight is 442 g/mol. The summed E-state index contributed by atoms with van der Waals surface area (Å²) in [5, 5.41) is 9.89. The van der Waals surface area contributed by atoms with Gasteiger partial charge in [0.2, 0.25) is 11.8 Å². The number of carbonyl (C=O) groups excluding carboxylic acids is 2. The van der Waals surface area contributed by atoms with E-state index in [1.807, 2.05) is 24.3 Å². The van der Waals surface area contributed by atoms with Gasteiger partial charge < -0.3 is 21.7 Å². The summed E-state index contributed by atoms with van der Waals surface area (Å²) in [7, 11) is 0. The van der Waals surface area contributed by atoms with E-state index in [1.165, 1.54) is 5.56 Å². The number of anilines is 1. The van der Waals surface area contributed by atoms with Crippen molar-refractivity contribution in [3.05, 3.63) is 58.2 Å². The number of amides is 2. The largest absolute Gasteiger partial charge is 0.384 e. The van der Waals surface area contributed by atoms with Crippen molar-refractivity contribution in [3.8, 4) is 0 Å². The Morgan fingerprint density at radius 1 is 1.32 bits per heavy atom. The third-order valence-corrected chi connectivity index (χ3v) is 6.33. The van der Waals surface area contributed by atoms with E-state index in [0.29, 0.717) is 11.7 Å². The molecule has 1 saturated heterocycles. The number of hydrogen-bond acceptors (Lipinski definition) is 5. The van der Waals surface area contributed by atoms with Gasteiger partial charge in [0.25, 0.3) is 0 Å². The maximum absolute atomic E-state index is 12.7. The topological polar surface area (TPSA) is 109 Å². The fraction of sp³-hybridized carbons (Fsp3) is 0.435. The Labute approximate surface area is 187 Å². The molecule has 1 aromatic heterocycles. The summed E-state index contributed by atoms with van der Waals surface area (Å²) in [5.41, 5.74) is 8.85. The number of aromatic nitrogens is 1. The number of nitrogens with one attached hydrogen (secondary N) is 3. The van der Waals surface area contributed by atoms with Crippen LogP contribution in [0.5, 0.6) is 0 Å². The molecule has 5 N–H and O–H groups in total. The fourth-order valence-electron chi connectivity index (χ4n) is 4.47. The highest BCUT2D eigenvalue weighted by molar-refractivity contribution is 6.30. The number of rotatable bonds is 6. The highest BCUT2D eigenvalue weighted by atomic mass is 35.5. The molecule has 1 unspecified atom stereocenters. The zero-order valence-corrected chi connectivity index (χ0v) is 18.3. The first kappa shape index (κ1) is 21.6. The Morgan fingerprint density at radius 2 is 2.16 bits per heavy atom. The molecule has 2 aliphatic rings. The number of hydrogen-bond donors (Lipinski definition) is 4. The van der Waals surface area contributed by atoms with Crippen LogP contribution in [-0.4, -0.2) is 35.4 Å². The summed E-state index contributed by atoms with van der Waals surface area (Å²) in [6.07, 6.45) is 3.17. The quantitative estimate of drug-likeness (QED) is 0.549. The smallest absolute Gasteiger partial charge is 0.242 e. The molecule has 0 saturated carbocycles. The zero-order chi connectivity index (χ0) is 22.0. The fourth-order valence-corrected chi connectivity index (χ4v) is 4.68. The van der Waals surface area contributed by atoms with E-state index >= 15 is 0 Å². The molecule has 2 amide bonds. The van der Waals surface area contributed by atoms with Gasteiger partial charge in [0.15, 0.2) is 0 Å². The number of nitrogens with zero attached hydrogens (tertiary/aromatic N) is 1.